The number of aromatic amines is 2. The SMILES string of the molecule is NC(=O)COc1cccc(-c2c3oc4cc(=O)ccc4c3[nH]c3c2c(=O)[nH]n3C2CCCC2)c1. The van der Waals surface area contributed by atoms with E-state index >= 15 is 0 Å². The van der Waals surface area contributed by atoms with Crippen LogP contribution in [0.15, 0.2) is 56.5 Å². The van der Waals surface area contributed by atoms with Crippen LogP contribution in [-0.4, -0.2) is 27.3 Å². The molecule has 0 aliphatic heterocycles. The van der Waals surface area contributed by atoms with Gasteiger partial charge in [-0.05, 0) is 42.7 Å². The number of hydrogen-bond acceptors (Lipinski definition) is 5. The Labute approximate surface area is 192 Å². The number of H-pyrrole nitrogens is 2. The third-order valence-corrected chi connectivity index (χ3v) is 6.50. The number of amides is 1. The molecule has 0 atom stereocenters. The quantitative estimate of drug-likeness (QED) is 0.370. The minimum Gasteiger partial charge on any atom is -0.484 e. The third kappa shape index (κ3) is 3.20. The predicted octanol–water partition coefficient (Wildman–Crippen LogP) is 3.56. The molecule has 34 heavy (non-hydrogen) atoms. The van der Waals surface area contributed by atoms with Crippen LogP contribution >= 0.6 is 0 Å². The summed E-state index contributed by atoms with van der Waals surface area (Å²) in [6.07, 6.45) is 4.20. The highest BCUT2D eigenvalue weighted by atomic mass is 16.5. The van der Waals surface area contributed by atoms with Crippen molar-refractivity contribution in [3.63, 3.8) is 0 Å². The molecule has 9 heteroatoms. The number of ether oxygens (including phenoxy) is 1. The molecule has 0 bridgehead atoms. The Morgan fingerprint density at radius 2 is 1.97 bits per heavy atom. The monoisotopic (exact) mass is 458 g/mol. The first-order valence-corrected chi connectivity index (χ1v) is 11.2. The summed E-state index contributed by atoms with van der Waals surface area (Å²) in [6, 6.07) is 12.0. The minimum absolute atomic E-state index is 0.159. The summed E-state index contributed by atoms with van der Waals surface area (Å²) in [5, 5.41) is 4.25. The van der Waals surface area contributed by atoms with Crippen LogP contribution in [0.3, 0.4) is 0 Å². The number of nitrogens with two attached hydrogens (primary N) is 1. The summed E-state index contributed by atoms with van der Waals surface area (Å²) in [5.41, 5.74) is 8.39. The Kier molecular flexibility index (Phi) is 4.58. The molecule has 2 aromatic carbocycles. The predicted molar refractivity (Wildman–Crippen MR) is 128 cm³/mol. The van der Waals surface area contributed by atoms with E-state index in [1.165, 1.54) is 12.1 Å². The first-order chi connectivity index (χ1) is 16.5. The van der Waals surface area contributed by atoms with Crippen molar-refractivity contribution in [1.82, 2.24) is 14.8 Å². The molecule has 3 aromatic heterocycles. The number of furan rings is 1. The number of carbonyl (C=O) groups excluding carboxylic acids is 1. The van der Waals surface area contributed by atoms with Gasteiger partial charge in [0.1, 0.15) is 17.0 Å². The van der Waals surface area contributed by atoms with Crippen molar-refractivity contribution in [2.45, 2.75) is 31.7 Å². The van der Waals surface area contributed by atoms with Crippen LogP contribution in [-0.2, 0) is 4.79 Å². The van der Waals surface area contributed by atoms with E-state index in [1.54, 1.807) is 24.3 Å². The van der Waals surface area contributed by atoms with Gasteiger partial charge in [0, 0.05) is 17.0 Å². The molecule has 5 aromatic rings. The fourth-order valence-electron chi connectivity index (χ4n) is 5.02. The highest BCUT2D eigenvalue weighted by Gasteiger charge is 2.26. The maximum Gasteiger partial charge on any atom is 0.274 e. The first-order valence-electron chi connectivity index (χ1n) is 11.2. The molecule has 3 heterocycles. The summed E-state index contributed by atoms with van der Waals surface area (Å²) in [6.45, 7) is -0.258. The lowest BCUT2D eigenvalue weighted by Gasteiger charge is -2.13. The van der Waals surface area contributed by atoms with E-state index in [9.17, 15) is 14.4 Å². The molecule has 0 radical (unpaired) electrons. The Morgan fingerprint density at radius 3 is 2.76 bits per heavy atom. The molecule has 1 saturated carbocycles. The molecule has 1 aliphatic carbocycles. The van der Waals surface area contributed by atoms with E-state index in [-0.39, 0.29) is 23.6 Å². The number of nitrogens with zero attached hydrogens (tertiary/aromatic N) is 1. The number of benzene rings is 2. The van der Waals surface area contributed by atoms with Gasteiger partial charge in [0.2, 0.25) is 0 Å². The summed E-state index contributed by atoms with van der Waals surface area (Å²) in [4.78, 5) is 39.9. The lowest BCUT2D eigenvalue weighted by molar-refractivity contribution is -0.119. The summed E-state index contributed by atoms with van der Waals surface area (Å²) in [7, 11) is 0. The van der Waals surface area contributed by atoms with Crippen LogP contribution in [0, 0.1) is 0 Å². The number of nitrogens with one attached hydrogen (secondary N) is 2. The zero-order valence-corrected chi connectivity index (χ0v) is 18.2. The maximum atomic E-state index is 13.3. The fraction of sp³-hybridized carbons (Fsp3) is 0.240. The number of fused-ring (bicyclic) bond motifs is 4. The topological polar surface area (TPSA) is 136 Å². The number of aromatic nitrogens is 3. The zero-order valence-electron chi connectivity index (χ0n) is 18.2. The van der Waals surface area contributed by atoms with Crippen molar-refractivity contribution in [3.05, 3.63) is 63.0 Å². The number of carbonyl (C=O) groups is 1. The second kappa shape index (κ2) is 7.65. The summed E-state index contributed by atoms with van der Waals surface area (Å²) in [5.74, 6) is -0.143. The van der Waals surface area contributed by atoms with Gasteiger partial charge in [-0.15, -0.1) is 0 Å². The van der Waals surface area contributed by atoms with Crippen LogP contribution in [0.5, 0.6) is 5.75 Å². The largest absolute Gasteiger partial charge is 0.484 e. The molecule has 0 saturated heterocycles. The molecule has 0 unspecified atom stereocenters. The van der Waals surface area contributed by atoms with Gasteiger partial charge in [-0.3, -0.25) is 24.2 Å². The molecule has 172 valence electrons. The molecular formula is C25H22N4O5. The van der Waals surface area contributed by atoms with E-state index in [1.807, 2.05) is 10.7 Å². The van der Waals surface area contributed by atoms with Crippen molar-refractivity contribution in [3.8, 4) is 16.9 Å². The molecule has 1 aliphatic rings. The standard InChI is InChI=1S/C25H22N4O5/c26-19(31)12-33-16-7-3-4-13(10-16)20-21-24(29(28-25(21)32)14-5-1-2-6-14)27-22-17-9-8-15(30)11-18(17)34-23(20)22/h3-4,7-11,14,27H,1-2,5-6,12H2,(H2,26,31)(H,28,32). The Morgan fingerprint density at radius 1 is 1.15 bits per heavy atom. The highest BCUT2D eigenvalue weighted by molar-refractivity contribution is 6.14. The van der Waals surface area contributed by atoms with Crippen LogP contribution in [0.2, 0.25) is 0 Å². The van der Waals surface area contributed by atoms with Crippen molar-refractivity contribution in [2.24, 2.45) is 5.73 Å². The minimum atomic E-state index is -0.583. The van der Waals surface area contributed by atoms with Gasteiger partial charge >= 0.3 is 0 Å². The first kappa shape index (κ1) is 20.3. The van der Waals surface area contributed by atoms with Crippen LogP contribution in [0.4, 0.5) is 0 Å². The highest BCUT2D eigenvalue weighted by Crippen LogP contribution is 2.40. The van der Waals surface area contributed by atoms with E-state index < -0.39 is 5.91 Å². The van der Waals surface area contributed by atoms with Crippen LogP contribution in [0.1, 0.15) is 31.7 Å². The molecular weight excluding hydrogens is 436 g/mol. The summed E-state index contributed by atoms with van der Waals surface area (Å²) >= 11 is 0. The smallest absolute Gasteiger partial charge is 0.274 e. The third-order valence-electron chi connectivity index (χ3n) is 6.50. The average molecular weight is 458 g/mol. The van der Waals surface area contributed by atoms with Gasteiger partial charge in [0.25, 0.3) is 11.5 Å². The molecule has 4 N–H and O–H groups in total. The molecule has 1 amide bonds. The summed E-state index contributed by atoms with van der Waals surface area (Å²) < 4.78 is 13.6. The van der Waals surface area contributed by atoms with Gasteiger partial charge < -0.3 is 19.9 Å². The normalized spacial score (nSPS) is 14.5. The molecule has 9 nitrogen and oxygen atoms in total. The second-order valence-corrected chi connectivity index (χ2v) is 8.72. The Hall–Kier alpha value is -4.27. The molecule has 6 rings (SSSR count). The fourth-order valence-corrected chi connectivity index (χ4v) is 5.02. The number of hydrogen-bond donors (Lipinski definition) is 3. The molecule has 0 spiro atoms. The van der Waals surface area contributed by atoms with Crippen LogP contribution in [0.25, 0.3) is 44.2 Å². The number of primary amides is 1. The van der Waals surface area contributed by atoms with Crippen molar-refractivity contribution in [2.75, 3.05) is 6.61 Å². The lowest BCUT2D eigenvalue weighted by atomic mass is 10.0. The van der Waals surface area contributed by atoms with Gasteiger partial charge in [0.15, 0.2) is 17.6 Å². The second-order valence-electron chi connectivity index (χ2n) is 8.72. The van der Waals surface area contributed by atoms with E-state index in [0.717, 1.165) is 31.1 Å². The van der Waals surface area contributed by atoms with Crippen molar-refractivity contribution < 1.29 is 13.9 Å². The van der Waals surface area contributed by atoms with Gasteiger partial charge in [-0.25, -0.2) is 0 Å². The molecule has 1 fully saturated rings. The average Bonchev–Trinajstić information content (AvgIpc) is 3.54. The zero-order chi connectivity index (χ0) is 23.4. The van der Waals surface area contributed by atoms with Gasteiger partial charge in [0.05, 0.1) is 16.9 Å². The van der Waals surface area contributed by atoms with Gasteiger partial charge in [-0.2, -0.15) is 0 Å². The van der Waals surface area contributed by atoms with Crippen molar-refractivity contribution >= 4 is 39.0 Å². The van der Waals surface area contributed by atoms with E-state index in [4.69, 9.17) is 14.9 Å². The van der Waals surface area contributed by atoms with Crippen molar-refractivity contribution in [1.29, 1.82) is 0 Å². The number of pyridine rings is 1. The Bertz CT molecular complexity index is 1700. The van der Waals surface area contributed by atoms with Gasteiger partial charge in [-0.1, -0.05) is 25.0 Å². The maximum absolute atomic E-state index is 13.3. The number of rotatable bonds is 5. The Balaban J connectivity index is 1.69. The van der Waals surface area contributed by atoms with E-state index in [2.05, 4.69) is 10.1 Å². The van der Waals surface area contributed by atoms with Crippen LogP contribution < -0.4 is 21.5 Å². The lowest BCUT2D eigenvalue weighted by Crippen LogP contribution is -2.19. The van der Waals surface area contributed by atoms with E-state index in [0.29, 0.717) is 44.6 Å².